The molecule has 0 spiro atoms. The topological polar surface area (TPSA) is 38.0 Å². The second kappa shape index (κ2) is 3.04. The first-order valence-electron chi connectivity index (χ1n) is 2.97. The highest BCUT2D eigenvalue weighted by Crippen LogP contribution is 1.94. The van der Waals surface area contributed by atoms with Crippen molar-refractivity contribution in [3.8, 4) is 12.3 Å². The van der Waals surface area contributed by atoms with Crippen molar-refractivity contribution in [3.05, 3.63) is 18.0 Å². The maximum Gasteiger partial charge on any atom is 0.110 e. The van der Waals surface area contributed by atoms with E-state index in [2.05, 4.69) is 11.0 Å². The predicted molar refractivity (Wildman–Crippen MR) is 37.2 cm³/mol. The van der Waals surface area contributed by atoms with Gasteiger partial charge >= 0.3 is 0 Å². The molecule has 1 N–H and O–H groups in total. The molecule has 3 heteroatoms. The van der Waals surface area contributed by atoms with Crippen LogP contribution in [0.3, 0.4) is 0 Å². The Labute approximate surface area is 59.3 Å². The first kappa shape index (κ1) is 6.84. The first-order valence-corrected chi connectivity index (χ1v) is 2.97. The lowest BCUT2D eigenvalue weighted by atomic mass is 10.4. The third-order valence-corrected chi connectivity index (χ3v) is 1.18. The molecule has 3 nitrogen and oxygen atoms in total. The van der Waals surface area contributed by atoms with Crippen LogP contribution in [-0.4, -0.2) is 21.5 Å². The summed E-state index contributed by atoms with van der Waals surface area (Å²) in [7, 11) is 0. The van der Waals surface area contributed by atoms with E-state index in [4.69, 9.17) is 11.5 Å². The fourth-order valence-corrected chi connectivity index (χ4v) is 0.728. The summed E-state index contributed by atoms with van der Waals surface area (Å²) in [5, 5.41) is 12.4. The van der Waals surface area contributed by atoms with Crippen LogP contribution in [0.15, 0.2) is 12.3 Å². The molecule has 1 rings (SSSR count). The summed E-state index contributed by atoms with van der Waals surface area (Å²) in [5.41, 5.74) is 0.703. The molecule has 1 aromatic rings. The van der Waals surface area contributed by atoms with Gasteiger partial charge in [0.25, 0.3) is 0 Å². The number of hydrogen-bond acceptors (Lipinski definition) is 2. The van der Waals surface area contributed by atoms with Gasteiger partial charge in [0.2, 0.25) is 0 Å². The molecule has 52 valence electrons. The third kappa shape index (κ3) is 1.17. The van der Waals surface area contributed by atoms with Crippen molar-refractivity contribution in [3.63, 3.8) is 0 Å². The highest BCUT2D eigenvalue weighted by molar-refractivity contribution is 5.22. The van der Waals surface area contributed by atoms with Crippen molar-refractivity contribution in [2.24, 2.45) is 0 Å². The van der Waals surface area contributed by atoms with E-state index >= 15 is 0 Å². The van der Waals surface area contributed by atoms with Crippen molar-refractivity contribution >= 4 is 0 Å². The lowest BCUT2D eigenvalue weighted by molar-refractivity contribution is 0.269. The molecule has 0 unspecified atom stereocenters. The Balaban J connectivity index is 2.82. The van der Waals surface area contributed by atoms with Crippen LogP contribution in [0.1, 0.15) is 5.69 Å². The Bertz CT molecular complexity index is 246. The Hall–Kier alpha value is -1.27. The monoisotopic (exact) mass is 136 g/mol. The van der Waals surface area contributed by atoms with Crippen molar-refractivity contribution in [1.29, 1.82) is 0 Å². The van der Waals surface area contributed by atoms with E-state index in [0.29, 0.717) is 12.2 Å². The van der Waals surface area contributed by atoms with Gasteiger partial charge in [0.05, 0.1) is 19.3 Å². The second-order valence-electron chi connectivity index (χ2n) is 1.81. The van der Waals surface area contributed by atoms with Gasteiger partial charge in [0.1, 0.15) is 5.69 Å². The van der Waals surface area contributed by atoms with Gasteiger partial charge in [0.15, 0.2) is 0 Å². The number of rotatable bonds is 2. The van der Waals surface area contributed by atoms with Gasteiger partial charge in [-0.2, -0.15) is 5.10 Å². The van der Waals surface area contributed by atoms with Crippen LogP contribution in [0, 0.1) is 12.3 Å². The smallest absolute Gasteiger partial charge is 0.110 e. The highest BCUT2D eigenvalue weighted by atomic mass is 16.3. The first-order chi connectivity index (χ1) is 4.88. The minimum Gasteiger partial charge on any atom is -0.394 e. The normalized spacial score (nSPS) is 9.20. The number of aromatic nitrogens is 2. The van der Waals surface area contributed by atoms with Gasteiger partial charge < -0.3 is 5.11 Å². The van der Waals surface area contributed by atoms with Crippen LogP contribution in [0.4, 0.5) is 0 Å². The predicted octanol–water partition coefficient (Wildman–Crippen LogP) is -0.143. The van der Waals surface area contributed by atoms with Gasteiger partial charge in [0, 0.05) is 0 Å². The lowest BCUT2D eigenvalue weighted by Crippen LogP contribution is -2.05. The zero-order chi connectivity index (χ0) is 7.40. The van der Waals surface area contributed by atoms with Crippen LogP contribution in [0.25, 0.3) is 0 Å². The molecule has 0 aliphatic carbocycles. The van der Waals surface area contributed by atoms with E-state index in [9.17, 15) is 0 Å². The molecule has 0 saturated heterocycles. The Morgan fingerprint density at radius 3 is 3.20 bits per heavy atom. The zero-order valence-electron chi connectivity index (χ0n) is 5.49. The van der Waals surface area contributed by atoms with Gasteiger partial charge in [-0.05, 0) is 6.07 Å². The Morgan fingerprint density at radius 1 is 1.80 bits per heavy atom. The molecule has 0 atom stereocenters. The van der Waals surface area contributed by atoms with Gasteiger partial charge in [-0.3, -0.25) is 4.68 Å². The van der Waals surface area contributed by atoms with Crippen molar-refractivity contribution < 1.29 is 5.11 Å². The van der Waals surface area contributed by atoms with Crippen molar-refractivity contribution in [2.45, 2.75) is 6.54 Å². The largest absolute Gasteiger partial charge is 0.394 e. The van der Waals surface area contributed by atoms with Gasteiger partial charge in [-0.1, -0.05) is 5.92 Å². The molecular weight excluding hydrogens is 128 g/mol. The zero-order valence-corrected chi connectivity index (χ0v) is 5.49. The van der Waals surface area contributed by atoms with E-state index in [1.54, 1.807) is 16.9 Å². The Morgan fingerprint density at radius 2 is 2.60 bits per heavy atom. The molecule has 1 aromatic heterocycles. The summed E-state index contributed by atoms with van der Waals surface area (Å²) < 4.78 is 1.58. The fraction of sp³-hybridized carbons (Fsp3) is 0.286. The average molecular weight is 136 g/mol. The van der Waals surface area contributed by atoms with E-state index in [1.807, 2.05) is 0 Å². The number of nitrogens with zero attached hydrogens (tertiary/aromatic N) is 2. The quantitative estimate of drug-likeness (QED) is 0.574. The summed E-state index contributed by atoms with van der Waals surface area (Å²) in [4.78, 5) is 0. The van der Waals surface area contributed by atoms with Crippen LogP contribution >= 0.6 is 0 Å². The van der Waals surface area contributed by atoms with Crippen LogP contribution in [0.2, 0.25) is 0 Å². The van der Waals surface area contributed by atoms with E-state index in [1.165, 1.54) is 0 Å². The second-order valence-corrected chi connectivity index (χ2v) is 1.81. The van der Waals surface area contributed by atoms with Crippen LogP contribution in [0.5, 0.6) is 0 Å². The lowest BCUT2D eigenvalue weighted by Gasteiger charge is -1.97. The molecule has 0 bridgehead atoms. The minimum absolute atomic E-state index is 0.0658. The highest BCUT2D eigenvalue weighted by Gasteiger charge is 1.95. The van der Waals surface area contributed by atoms with Crippen molar-refractivity contribution in [1.82, 2.24) is 9.78 Å². The van der Waals surface area contributed by atoms with Crippen LogP contribution in [-0.2, 0) is 6.54 Å². The van der Waals surface area contributed by atoms with E-state index in [-0.39, 0.29) is 6.61 Å². The maximum atomic E-state index is 8.53. The summed E-state index contributed by atoms with van der Waals surface area (Å²) in [5.74, 6) is 2.45. The fourth-order valence-electron chi connectivity index (χ4n) is 0.728. The average Bonchev–Trinajstić information content (AvgIpc) is 2.36. The van der Waals surface area contributed by atoms with Crippen LogP contribution < -0.4 is 0 Å². The molecule has 0 aliphatic rings. The molecule has 10 heavy (non-hydrogen) atoms. The number of hydrogen-bond donors (Lipinski definition) is 1. The summed E-state index contributed by atoms with van der Waals surface area (Å²) >= 11 is 0. The summed E-state index contributed by atoms with van der Waals surface area (Å²) in [6, 6.07) is 1.73. The van der Waals surface area contributed by atoms with Gasteiger partial charge in [-0.15, -0.1) is 6.42 Å². The van der Waals surface area contributed by atoms with Crippen molar-refractivity contribution in [2.75, 3.05) is 6.61 Å². The summed E-state index contributed by atoms with van der Waals surface area (Å²) in [6.07, 6.45) is 6.75. The standard InChI is InChI=1S/C7H8N2O/c1-2-7-3-4-8-9(7)5-6-10/h1,3-4,10H,5-6H2. The number of aliphatic hydroxyl groups is 1. The Kier molecular flexibility index (Phi) is 2.08. The molecule has 1 heterocycles. The SMILES string of the molecule is C#Cc1ccnn1CCO. The molecule has 0 aliphatic heterocycles. The molecular formula is C7H8N2O. The maximum absolute atomic E-state index is 8.53. The van der Waals surface area contributed by atoms with E-state index < -0.39 is 0 Å². The molecule has 0 aromatic carbocycles. The molecule has 0 fully saturated rings. The molecule has 0 radical (unpaired) electrons. The number of terminal acetylenes is 1. The van der Waals surface area contributed by atoms with E-state index in [0.717, 1.165) is 0 Å². The minimum atomic E-state index is 0.0658. The van der Waals surface area contributed by atoms with Gasteiger partial charge in [-0.25, -0.2) is 0 Å². The molecule has 0 amide bonds. The third-order valence-electron chi connectivity index (χ3n) is 1.18. The molecule has 0 saturated carbocycles. The summed E-state index contributed by atoms with van der Waals surface area (Å²) in [6.45, 7) is 0.531. The number of aliphatic hydroxyl groups excluding tert-OH is 1.